The van der Waals surface area contributed by atoms with E-state index in [4.69, 9.17) is 10.2 Å². The van der Waals surface area contributed by atoms with Crippen LogP contribution in [0.2, 0.25) is 0 Å². The minimum atomic E-state index is 0.0538. The summed E-state index contributed by atoms with van der Waals surface area (Å²) in [5, 5.41) is 18.6. The first kappa shape index (κ1) is 6.03. The molecule has 2 heterocycles. The molecule has 2 rings (SSSR count). The van der Waals surface area contributed by atoms with Crippen LogP contribution in [0.5, 0.6) is 11.6 Å². The van der Waals surface area contributed by atoms with Crippen molar-refractivity contribution in [3.05, 3.63) is 18.3 Å². The normalized spacial score (nSPS) is 10.5. The Hall–Kier alpha value is -1.71. The number of hydrogen-bond acceptors (Lipinski definition) is 3. The fourth-order valence-electron chi connectivity index (χ4n) is 0.989. The molecule has 0 saturated heterocycles. The van der Waals surface area contributed by atoms with E-state index in [1.807, 2.05) is 0 Å². The van der Waals surface area contributed by atoms with Crippen molar-refractivity contribution in [1.82, 2.24) is 9.97 Å². The Bertz CT molecular complexity index is 394. The number of aromatic amines is 1. The molecule has 11 heavy (non-hydrogen) atoms. The van der Waals surface area contributed by atoms with Crippen molar-refractivity contribution in [2.24, 2.45) is 0 Å². The average Bonchev–Trinajstić information content (AvgIpc) is 2.27. The lowest BCUT2D eigenvalue weighted by Gasteiger charge is -1.88. The number of rotatable bonds is 0. The van der Waals surface area contributed by atoms with Gasteiger partial charge >= 0.3 is 0 Å². The number of pyridine rings is 1. The number of hydrogen-bond donors (Lipinski definition) is 3. The Labute approximate surface area is 62.1 Å². The summed E-state index contributed by atoms with van der Waals surface area (Å²) < 4.78 is 0. The Balaban J connectivity index is 2.82. The molecule has 2 aromatic rings. The number of aromatic hydroxyl groups is 2. The maximum atomic E-state index is 8.98. The first-order chi connectivity index (χ1) is 5.25. The lowest BCUT2D eigenvalue weighted by molar-refractivity contribution is 0.458. The Morgan fingerprint density at radius 3 is 2.91 bits per heavy atom. The number of nitrogens with one attached hydrogen (secondary N) is 1. The highest BCUT2D eigenvalue weighted by molar-refractivity contribution is 5.78. The minimum Gasteiger partial charge on any atom is -0.506 e. The summed E-state index contributed by atoms with van der Waals surface area (Å²) in [6.45, 7) is 0. The van der Waals surface area contributed by atoms with Crippen LogP contribution >= 0.6 is 0 Å². The number of nitrogens with zero attached hydrogens (tertiary/aromatic N) is 1. The van der Waals surface area contributed by atoms with Crippen molar-refractivity contribution in [1.29, 1.82) is 0 Å². The van der Waals surface area contributed by atoms with Gasteiger partial charge in [-0.3, -0.25) is 0 Å². The highest BCUT2D eigenvalue weighted by Gasteiger charge is 1.99. The number of fused-ring (bicyclic) bond motifs is 1. The van der Waals surface area contributed by atoms with E-state index in [0.29, 0.717) is 11.0 Å². The quantitative estimate of drug-likeness (QED) is 0.524. The van der Waals surface area contributed by atoms with Gasteiger partial charge in [0.1, 0.15) is 11.4 Å². The van der Waals surface area contributed by atoms with Gasteiger partial charge in [0, 0.05) is 11.5 Å². The van der Waals surface area contributed by atoms with Crippen molar-refractivity contribution in [3.63, 3.8) is 0 Å². The van der Waals surface area contributed by atoms with Gasteiger partial charge in [-0.25, -0.2) is 4.98 Å². The van der Waals surface area contributed by atoms with Gasteiger partial charge in [-0.15, -0.1) is 0 Å². The van der Waals surface area contributed by atoms with Crippen LogP contribution in [-0.4, -0.2) is 20.2 Å². The Morgan fingerprint density at radius 2 is 2.09 bits per heavy atom. The largest absolute Gasteiger partial charge is 0.506 e. The maximum Gasteiger partial charge on any atom is 0.190 e. The molecule has 0 aliphatic carbocycles. The molecule has 0 unspecified atom stereocenters. The zero-order valence-corrected chi connectivity index (χ0v) is 5.57. The van der Waals surface area contributed by atoms with Crippen LogP contribution in [0.15, 0.2) is 18.3 Å². The molecular formula is C7H6N2O2. The van der Waals surface area contributed by atoms with Gasteiger partial charge in [0.15, 0.2) is 5.88 Å². The molecule has 0 radical (unpaired) electrons. The molecule has 4 heteroatoms. The molecule has 0 amide bonds. The molecule has 3 N–H and O–H groups in total. The van der Waals surface area contributed by atoms with Crippen LogP contribution in [0.3, 0.4) is 0 Å². The van der Waals surface area contributed by atoms with E-state index >= 15 is 0 Å². The molecule has 0 saturated carbocycles. The second-order valence-corrected chi connectivity index (χ2v) is 2.29. The monoisotopic (exact) mass is 150 g/mol. The fourth-order valence-corrected chi connectivity index (χ4v) is 0.989. The van der Waals surface area contributed by atoms with Gasteiger partial charge in [-0.2, -0.15) is 0 Å². The second kappa shape index (κ2) is 1.88. The standard InChI is InChI=1S/C7H6N2O2/c10-5-1-4-2-6(11)9-7(4)8-3-5/h1-3,10-11H,(H,8,9). The van der Waals surface area contributed by atoms with Crippen LogP contribution in [-0.2, 0) is 0 Å². The molecule has 56 valence electrons. The van der Waals surface area contributed by atoms with Gasteiger partial charge in [-0.1, -0.05) is 0 Å². The number of aromatic nitrogens is 2. The van der Waals surface area contributed by atoms with Gasteiger partial charge in [0.05, 0.1) is 6.20 Å². The molecule has 0 aliphatic rings. The summed E-state index contributed by atoms with van der Waals surface area (Å²) in [6, 6.07) is 3.03. The molecule has 2 aromatic heterocycles. The summed E-state index contributed by atoms with van der Waals surface area (Å²) in [6.07, 6.45) is 1.32. The molecular weight excluding hydrogens is 144 g/mol. The lowest BCUT2D eigenvalue weighted by atomic mass is 10.3. The van der Waals surface area contributed by atoms with E-state index in [1.54, 1.807) is 0 Å². The molecule has 0 spiro atoms. The molecule has 0 aromatic carbocycles. The van der Waals surface area contributed by atoms with Gasteiger partial charge in [0.2, 0.25) is 0 Å². The van der Waals surface area contributed by atoms with Crippen molar-refractivity contribution in [2.75, 3.05) is 0 Å². The topological polar surface area (TPSA) is 69.1 Å². The van der Waals surface area contributed by atoms with E-state index in [0.717, 1.165) is 0 Å². The molecule has 0 aliphatic heterocycles. The Morgan fingerprint density at radius 1 is 1.27 bits per heavy atom. The van der Waals surface area contributed by atoms with Crippen LogP contribution in [0.4, 0.5) is 0 Å². The van der Waals surface area contributed by atoms with E-state index in [1.165, 1.54) is 18.3 Å². The Kier molecular flexibility index (Phi) is 1.03. The van der Waals surface area contributed by atoms with Crippen LogP contribution in [0.1, 0.15) is 0 Å². The second-order valence-electron chi connectivity index (χ2n) is 2.29. The summed E-state index contributed by atoms with van der Waals surface area (Å²) in [5.41, 5.74) is 0.570. The smallest absolute Gasteiger partial charge is 0.190 e. The van der Waals surface area contributed by atoms with Gasteiger partial charge in [-0.05, 0) is 6.07 Å². The van der Waals surface area contributed by atoms with Crippen LogP contribution < -0.4 is 0 Å². The molecule has 4 nitrogen and oxygen atoms in total. The zero-order valence-electron chi connectivity index (χ0n) is 5.57. The van der Waals surface area contributed by atoms with Gasteiger partial charge < -0.3 is 15.2 Å². The predicted molar refractivity (Wildman–Crippen MR) is 39.4 cm³/mol. The van der Waals surface area contributed by atoms with E-state index < -0.39 is 0 Å². The summed E-state index contributed by atoms with van der Waals surface area (Å²) in [4.78, 5) is 6.46. The first-order valence-electron chi connectivity index (χ1n) is 3.12. The van der Waals surface area contributed by atoms with Crippen LogP contribution in [0, 0.1) is 0 Å². The van der Waals surface area contributed by atoms with Crippen molar-refractivity contribution >= 4 is 11.0 Å². The highest BCUT2D eigenvalue weighted by Crippen LogP contribution is 2.20. The third-order valence-corrected chi connectivity index (χ3v) is 1.44. The minimum absolute atomic E-state index is 0.0538. The van der Waals surface area contributed by atoms with E-state index in [9.17, 15) is 0 Å². The van der Waals surface area contributed by atoms with Crippen molar-refractivity contribution in [3.8, 4) is 11.6 Å². The average molecular weight is 150 g/mol. The SMILES string of the molecule is Oc1cnc2[nH]c(O)cc2c1. The van der Waals surface area contributed by atoms with E-state index in [2.05, 4.69) is 9.97 Å². The highest BCUT2D eigenvalue weighted by atomic mass is 16.3. The van der Waals surface area contributed by atoms with Crippen LogP contribution in [0.25, 0.3) is 11.0 Å². The van der Waals surface area contributed by atoms with E-state index in [-0.39, 0.29) is 11.6 Å². The van der Waals surface area contributed by atoms with Crippen molar-refractivity contribution in [2.45, 2.75) is 0 Å². The maximum absolute atomic E-state index is 8.98. The summed E-state index contributed by atoms with van der Waals surface area (Å²) in [5.74, 6) is 0.148. The zero-order chi connectivity index (χ0) is 7.84. The summed E-state index contributed by atoms with van der Waals surface area (Å²) in [7, 11) is 0. The summed E-state index contributed by atoms with van der Waals surface area (Å²) >= 11 is 0. The molecule has 0 atom stereocenters. The third-order valence-electron chi connectivity index (χ3n) is 1.44. The lowest BCUT2D eigenvalue weighted by Crippen LogP contribution is -1.73. The fraction of sp³-hybridized carbons (Fsp3) is 0. The predicted octanol–water partition coefficient (Wildman–Crippen LogP) is 0.974. The third kappa shape index (κ3) is 0.881. The number of H-pyrrole nitrogens is 1. The first-order valence-corrected chi connectivity index (χ1v) is 3.12. The van der Waals surface area contributed by atoms with Gasteiger partial charge in [0.25, 0.3) is 0 Å². The molecule has 0 bridgehead atoms. The molecule has 0 fully saturated rings. The van der Waals surface area contributed by atoms with Crippen molar-refractivity contribution < 1.29 is 10.2 Å².